The van der Waals surface area contributed by atoms with E-state index in [1.54, 1.807) is 0 Å². The Labute approximate surface area is 82.3 Å². The van der Waals surface area contributed by atoms with Gasteiger partial charge >= 0.3 is 0 Å². The van der Waals surface area contributed by atoms with Gasteiger partial charge in [0.05, 0.1) is 6.07 Å². The minimum atomic E-state index is -1.60. The molecule has 0 aromatic rings. The molecule has 0 spiro atoms. The monoisotopic (exact) mass is 197 g/mol. The van der Waals surface area contributed by atoms with Gasteiger partial charge < -0.3 is 4.43 Å². The van der Waals surface area contributed by atoms with Gasteiger partial charge in [-0.2, -0.15) is 5.26 Å². The summed E-state index contributed by atoms with van der Waals surface area (Å²) in [5.41, 5.74) is 1.09. The van der Waals surface area contributed by atoms with Crippen LogP contribution in [0.5, 0.6) is 0 Å². The Kier molecular flexibility index (Phi) is 4.97. The summed E-state index contributed by atoms with van der Waals surface area (Å²) in [6.07, 6.45) is 2.54. The summed E-state index contributed by atoms with van der Waals surface area (Å²) in [5.74, 6) is 0. The summed E-state index contributed by atoms with van der Waals surface area (Å²) in [7, 11) is -1.60. The lowest BCUT2D eigenvalue weighted by Crippen LogP contribution is -2.32. The molecule has 74 valence electrons. The molecule has 0 aliphatic carbocycles. The first-order chi connectivity index (χ1) is 5.94. The van der Waals surface area contributed by atoms with E-state index in [0.717, 1.165) is 12.0 Å². The van der Waals surface area contributed by atoms with Gasteiger partial charge in [0.15, 0.2) is 14.4 Å². The second-order valence-electron chi connectivity index (χ2n) is 3.96. The normalized spacial score (nSPS) is 15.2. The second-order valence-corrected chi connectivity index (χ2v) is 8.42. The highest BCUT2D eigenvalue weighted by molar-refractivity contribution is 6.69. The molecule has 0 bridgehead atoms. The average Bonchev–Trinajstić information content (AvgIpc) is 2.02. The van der Waals surface area contributed by atoms with Gasteiger partial charge in [0.25, 0.3) is 0 Å². The molecule has 0 aromatic carbocycles. The molecule has 1 atom stereocenters. The van der Waals surface area contributed by atoms with Crippen LogP contribution in [0.1, 0.15) is 20.3 Å². The fraction of sp³-hybridized carbons (Fsp3) is 0.700. The lowest BCUT2D eigenvalue weighted by atomic mass is 10.1. The summed E-state index contributed by atoms with van der Waals surface area (Å²) in [5, 5.41) is 8.93. The van der Waals surface area contributed by atoms with Gasteiger partial charge in [-0.05, 0) is 38.6 Å². The largest absolute Gasteiger partial charge is 0.399 e. The lowest BCUT2D eigenvalue weighted by Gasteiger charge is -2.22. The SMILES string of the molecule is C/C=C(/CC)[C@H](C#N)O[Si](C)(C)C. The summed E-state index contributed by atoms with van der Waals surface area (Å²) in [4.78, 5) is 0. The predicted molar refractivity (Wildman–Crippen MR) is 57.9 cm³/mol. The Balaban J connectivity index is 4.46. The molecule has 0 saturated heterocycles. The van der Waals surface area contributed by atoms with Crippen LogP contribution in [0.25, 0.3) is 0 Å². The maximum Gasteiger partial charge on any atom is 0.185 e. The van der Waals surface area contributed by atoms with E-state index in [-0.39, 0.29) is 6.10 Å². The van der Waals surface area contributed by atoms with E-state index in [9.17, 15) is 0 Å². The third-order valence-corrected chi connectivity index (χ3v) is 2.65. The molecule has 0 fully saturated rings. The lowest BCUT2D eigenvalue weighted by molar-refractivity contribution is 0.280. The first kappa shape index (κ1) is 12.4. The smallest absolute Gasteiger partial charge is 0.185 e. The van der Waals surface area contributed by atoms with Crippen molar-refractivity contribution in [3.8, 4) is 6.07 Å². The summed E-state index contributed by atoms with van der Waals surface area (Å²) in [6.45, 7) is 10.3. The van der Waals surface area contributed by atoms with Crippen molar-refractivity contribution >= 4 is 8.32 Å². The summed E-state index contributed by atoms with van der Waals surface area (Å²) >= 11 is 0. The third kappa shape index (κ3) is 4.86. The van der Waals surface area contributed by atoms with Gasteiger partial charge in [0.1, 0.15) is 0 Å². The van der Waals surface area contributed by atoms with Gasteiger partial charge in [-0.25, -0.2) is 0 Å². The van der Waals surface area contributed by atoms with Crippen LogP contribution in [0.3, 0.4) is 0 Å². The van der Waals surface area contributed by atoms with Crippen molar-refractivity contribution < 1.29 is 4.43 Å². The highest BCUT2D eigenvalue weighted by atomic mass is 28.4. The second kappa shape index (κ2) is 5.20. The molecule has 0 heterocycles. The number of allylic oxidation sites excluding steroid dienone is 1. The van der Waals surface area contributed by atoms with Gasteiger partial charge in [0.2, 0.25) is 0 Å². The molecule has 0 aliphatic heterocycles. The minimum Gasteiger partial charge on any atom is -0.399 e. The molecule has 13 heavy (non-hydrogen) atoms. The molecule has 0 saturated carbocycles. The number of hydrogen-bond donors (Lipinski definition) is 0. The molecule has 2 nitrogen and oxygen atoms in total. The quantitative estimate of drug-likeness (QED) is 0.512. The van der Waals surface area contributed by atoms with E-state index < -0.39 is 8.32 Å². The van der Waals surface area contributed by atoms with Gasteiger partial charge in [-0.15, -0.1) is 0 Å². The number of nitrogens with zero attached hydrogens (tertiary/aromatic N) is 1. The van der Waals surface area contributed by atoms with Gasteiger partial charge in [0, 0.05) is 0 Å². The highest BCUT2D eigenvalue weighted by Gasteiger charge is 2.22. The maximum absolute atomic E-state index is 8.93. The van der Waals surface area contributed by atoms with Crippen LogP contribution in [-0.4, -0.2) is 14.4 Å². The molecule has 0 aliphatic rings. The number of nitriles is 1. The topological polar surface area (TPSA) is 33.0 Å². The van der Waals surface area contributed by atoms with Crippen LogP contribution in [0, 0.1) is 11.3 Å². The molecule has 3 heteroatoms. The fourth-order valence-corrected chi connectivity index (χ4v) is 1.99. The Morgan fingerprint density at radius 2 is 2.08 bits per heavy atom. The van der Waals surface area contributed by atoms with Crippen molar-refractivity contribution in [3.05, 3.63) is 11.6 Å². The van der Waals surface area contributed by atoms with Crippen LogP contribution in [0.2, 0.25) is 19.6 Å². The van der Waals surface area contributed by atoms with Crippen molar-refractivity contribution in [1.82, 2.24) is 0 Å². The van der Waals surface area contributed by atoms with Crippen molar-refractivity contribution in [2.24, 2.45) is 0 Å². The number of hydrogen-bond acceptors (Lipinski definition) is 2. The Hall–Kier alpha value is -0.593. The molecular formula is C10H19NOSi. The van der Waals surface area contributed by atoms with Crippen LogP contribution in [-0.2, 0) is 4.43 Å². The maximum atomic E-state index is 8.93. The Morgan fingerprint density at radius 3 is 2.31 bits per heavy atom. The molecule has 0 N–H and O–H groups in total. The zero-order chi connectivity index (χ0) is 10.5. The standard InChI is InChI=1S/C10H19NOSi/c1-6-9(7-2)10(8-11)12-13(3,4)5/h6,10H,7H2,1-5H3/b9-6-/t10-/m0/s1. The van der Waals surface area contributed by atoms with E-state index in [0.29, 0.717) is 0 Å². The predicted octanol–water partition coefficient (Wildman–Crippen LogP) is 3.09. The minimum absolute atomic E-state index is 0.332. The van der Waals surface area contributed by atoms with Crippen LogP contribution < -0.4 is 0 Å². The van der Waals surface area contributed by atoms with Crippen LogP contribution in [0.15, 0.2) is 11.6 Å². The molecule has 0 rings (SSSR count). The van der Waals surface area contributed by atoms with Crippen molar-refractivity contribution in [1.29, 1.82) is 5.26 Å². The van der Waals surface area contributed by atoms with Crippen molar-refractivity contribution in [2.45, 2.75) is 46.0 Å². The molecule has 0 radical (unpaired) electrons. The molecular weight excluding hydrogens is 178 g/mol. The summed E-state index contributed by atoms with van der Waals surface area (Å²) in [6, 6.07) is 2.20. The van der Waals surface area contributed by atoms with Crippen LogP contribution >= 0.6 is 0 Å². The van der Waals surface area contributed by atoms with Gasteiger partial charge in [-0.3, -0.25) is 0 Å². The van der Waals surface area contributed by atoms with E-state index in [2.05, 4.69) is 25.7 Å². The Morgan fingerprint density at radius 1 is 1.54 bits per heavy atom. The van der Waals surface area contributed by atoms with Crippen molar-refractivity contribution in [3.63, 3.8) is 0 Å². The van der Waals surface area contributed by atoms with E-state index in [1.165, 1.54) is 0 Å². The third-order valence-electron chi connectivity index (χ3n) is 1.70. The van der Waals surface area contributed by atoms with E-state index in [1.807, 2.05) is 19.9 Å². The first-order valence-electron chi connectivity index (χ1n) is 4.67. The Bertz CT molecular complexity index is 222. The first-order valence-corrected chi connectivity index (χ1v) is 8.08. The van der Waals surface area contributed by atoms with E-state index in [4.69, 9.17) is 9.69 Å². The van der Waals surface area contributed by atoms with Crippen molar-refractivity contribution in [2.75, 3.05) is 0 Å². The fourth-order valence-electron chi connectivity index (χ4n) is 1.08. The summed E-state index contributed by atoms with van der Waals surface area (Å²) < 4.78 is 5.74. The number of rotatable bonds is 4. The van der Waals surface area contributed by atoms with E-state index >= 15 is 0 Å². The zero-order valence-electron chi connectivity index (χ0n) is 9.22. The molecule has 0 amide bonds. The molecule has 0 aromatic heterocycles. The molecule has 0 unspecified atom stereocenters. The average molecular weight is 197 g/mol. The van der Waals surface area contributed by atoms with Crippen LogP contribution in [0.4, 0.5) is 0 Å². The highest BCUT2D eigenvalue weighted by Crippen LogP contribution is 2.15. The van der Waals surface area contributed by atoms with Gasteiger partial charge in [-0.1, -0.05) is 13.0 Å². The zero-order valence-corrected chi connectivity index (χ0v) is 10.2.